The fourth-order valence-corrected chi connectivity index (χ4v) is 4.83. The van der Waals surface area contributed by atoms with E-state index in [9.17, 15) is 17.6 Å². The van der Waals surface area contributed by atoms with Crippen molar-refractivity contribution in [1.82, 2.24) is 0 Å². The van der Waals surface area contributed by atoms with Crippen LogP contribution in [0.3, 0.4) is 0 Å². The molecule has 1 aliphatic rings. The number of anilines is 2. The lowest BCUT2D eigenvalue weighted by molar-refractivity contribution is 0.104. The predicted molar refractivity (Wildman–Crippen MR) is 114 cm³/mol. The zero-order valence-corrected chi connectivity index (χ0v) is 17.5. The SMILES string of the molecule is COc1ccc(C(=O)C2=CN(c3ccc(OC)cc3)c3cc(F)ccc3S2(=O)=O)cc1. The molecule has 0 aromatic heterocycles. The Morgan fingerprint density at radius 2 is 1.45 bits per heavy atom. The van der Waals surface area contributed by atoms with E-state index in [-0.39, 0.29) is 16.1 Å². The number of carbonyl (C=O) groups excluding carboxylic acids is 1. The van der Waals surface area contributed by atoms with Crippen LogP contribution < -0.4 is 14.4 Å². The van der Waals surface area contributed by atoms with Gasteiger partial charge in [0, 0.05) is 17.5 Å². The fourth-order valence-electron chi connectivity index (χ4n) is 3.30. The first kappa shape index (κ1) is 20.6. The van der Waals surface area contributed by atoms with Crippen molar-refractivity contribution in [2.45, 2.75) is 4.90 Å². The van der Waals surface area contributed by atoms with Gasteiger partial charge in [-0.3, -0.25) is 4.79 Å². The first-order chi connectivity index (χ1) is 14.8. The van der Waals surface area contributed by atoms with E-state index in [0.29, 0.717) is 17.2 Å². The average Bonchev–Trinajstić information content (AvgIpc) is 2.79. The lowest BCUT2D eigenvalue weighted by Gasteiger charge is -2.29. The number of benzene rings is 3. The van der Waals surface area contributed by atoms with Crippen molar-refractivity contribution < 1.29 is 27.1 Å². The van der Waals surface area contributed by atoms with Crippen LogP contribution in [-0.4, -0.2) is 28.4 Å². The zero-order valence-electron chi connectivity index (χ0n) is 16.7. The molecule has 158 valence electrons. The summed E-state index contributed by atoms with van der Waals surface area (Å²) in [6.07, 6.45) is 1.23. The maximum absolute atomic E-state index is 14.0. The second kappa shape index (κ2) is 7.88. The summed E-state index contributed by atoms with van der Waals surface area (Å²) in [7, 11) is -1.15. The van der Waals surface area contributed by atoms with E-state index < -0.39 is 26.3 Å². The van der Waals surface area contributed by atoms with Gasteiger partial charge in [-0.25, -0.2) is 12.8 Å². The Balaban J connectivity index is 1.88. The van der Waals surface area contributed by atoms with Crippen molar-refractivity contribution in [3.63, 3.8) is 0 Å². The van der Waals surface area contributed by atoms with Crippen LogP contribution in [0.4, 0.5) is 15.8 Å². The average molecular weight is 439 g/mol. The highest BCUT2D eigenvalue weighted by Crippen LogP contribution is 2.41. The van der Waals surface area contributed by atoms with Crippen LogP contribution in [0.1, 0.15) is 10.4 Å². The predicted octanol–water partition coefficient (Wildman–Crippen LogP) is 4.49. The number of fused-ring (bicyclic) bond motifs is 1. The largest absolute Gasteiger partial charge is 0.497 e. The molecular formula is C23H18FNO5S. The number of methoxy groups -OCH3 is 2. The standard InChI is InChI=1S/C23H18FNO5S/c1-29-18-8-3-15(4-9-18)23(26)22-14-25(17-6-10-19(30-2)11-7-17)20-13-16(24)5-12-21(20)31(22,27)28/h3-14H,1-2H3. The van der Waals surface area contributed by atoms with Gasteiger partial charge in [-0.15, -0.1) is 0 Å². The van der Waals surface area contributed by atoms with E-state index in [0.717, 1.165) is 12.1 Å². The summed E-state index contributed by atoms with van der Waals surface area (Å²) in [4.78, 5) is 14.1. The lowest BCUT2D eigenvalue weighted by Crippen LogP contribution is -2.26. The van der Waals surface area contributed by atoms with Crippen LogP contribution in [0.5, 0.6) is 11.5 Å². The molecule has 3 aromatic carbocycles. The molecule has 0 N–H and O–H groups in total. The number of hydrogen-bond acceptors (Lipinski definition) is 6. The topological polar surface area (TPSA) is 72.9 Å². The maximum Gasteiger partial charge on any atom is 0.214 e. The summed E-state index contributed by atoms with van der Waals surface area (Å²) in [5.74, 6) is -0.119. The number of ether oxygens (including phenoxy) is 2. The summed E-state index contributed by atoms with van der Waals surface area (Å²) in [6, 6.07) is 16.3. The van der Waals surface area contributed by atoms with E-state index in [2.05, 4.69) is 0 Å². The van der Waals surface area contributed by atoms with Gasteiger partial charge in [-0.1, -0.05) is 0 Å². The van der Waals surface area contributed by atoms with Gasteiger partial charge in [0.05, 0.1) is 24.8 Å². The fraction of sp³-hybridized carbons (Fsp3) is 0.0870. The van der Waals surface area contributed by atoms with E-state index in [1.165, 1.54) is 43.5 Å². The third-order valence-corrected chi connectivity index (χ3v) is 6.73. The van der Waals surface area contributed by atoms with Gasteiger partial charge in [0.1, 0.15) is 22.2 Å². The molecule has 0 bridgehead atoms. The van der Waals surface area contributed by atoms with Gasteiger partial charge in [0.15, 0.2) is 0 Å². The summed E-state index contributed by atoms with van der Waals surface area (Å²) in [6.45, 7) is 0. The Morgan fingerprint density at radius 1 is 0.871 bits per heavy atom. The highest BCUT2D eigenvalue weighted by Gasteiger charge is 2.36. The Kier molecular flexibility index (Phi) is 5.24. The van der Waals surface area contributed by atoms with Gasteiger partial charge >= 0.3 is 0 Å². The number of carbonyl (C=O) groups is 1. The molecule has 4 rings (SSSR count). The van der Waals surface area contributed by atoms with E-state index in [1.54, 1.807) is 36.4 Å². The third kappa shape index (κ3) is 3.66. The molecule has 0 unspecified atom stereocenters. The molecule has 0 amide bonds. The van der Waals surface area contributed by atoms with Crippen LogP contribution in [-0.2, 0) is 9.84 Å². The van der Waals surface area contributed by atoms with Crippen LogP contribution >= 0.6 is 0 Å². The third-order valence-electron chi connectivity index (χ3n) is 4.93. The molecule has 0 spiro atoms. The van der Waals surface area contributed by atoms with E-state index >= 15 is 0 Å². The number of ketones is 1. The monoisotopic (exact) mass is 439 g/mol. The number of sulfone groups is 1. The molecular weight excluding hydrogens is 421 g/mol. The first-order valence-electron chi connectivity index (χ1n) is 9.23. The minimum Gasteiger partial charge on any atom is -0.497 e. The number of Topliss-reactive ketones (excluding diaryl/α,β-unsaturated/α-hetero) is 1. The summed E-state index contributed by atoms with van der Waals surface area (Å²) in [5.41, 5.74) is 0.856. The van der Waals surface area contributed by atoms with Crippen molar-refractivity contribution in [1.29, 1.82) is 0 Å². The number of rotatable bonds is 5. The first-order valence-corrected chi connectivity index (χ1v) is 10.7. The Labute approximate surface area is 179 Å². The Morgan fingerprint density at radius 3 is 2.03 bits per heavy atom. The molecule has 1 aliphatic heterocycles. The normalized spacial score (nSPS) is 14.4. The molecule has 0 atom stereocenters. The smallest absolute Gasteiger partial charge is 0.214 e. The van der Waals surface area contributed by atoms with Gasteiger partial charge < -0.3 is 14.4 Å². The second-order valence-corrected chi connectivity index (χ2v) is 8.62. The molecule has 6 nitrogen and oxygen atoms in total. The molecule has 1 heterocycles. The minimum atomic E-state index is -4.17. The van der Waals surface area contributed by atoms with Crippen LogP contribution in [0.25, 0.3) is 0 Å². The molecule has 31 heavy (non-hydrogen) atoms. The number of hydrogen-bond donors (Lipinski definition) is 0. The number of nitrogens with zero attached hydrogens (tertiary/aromatic N) is 1. The molecule has 0 aliphatic carbocycles. The second-order valence-electron chi connectivity index (χ2n) is 6.73. The van der Waals surface area contributed by atoms with Crippen LogP contribution in [0, 0.1) is 5.82 Å². The molecule has 3 aromatic rings. The van der Waals surface area contributed by atoms with Crippen molar-refractivity contribution in [2.75, 3.05) is 19.1 Å². The molecule has 0 radical (unpaired) electrons. The van der Waals surface area contributed by atoms with Gasteiger partial charge in [0.25, 0.3) is 0 Å². The van der Waals surface area contributed by atoms with Crippen molar-refractivity contribution in [3.8, 4) is 11.5 Å². The van der Waals surface area contributed by atoms with Crippen LogP contribution in [0.15, 0.2) is 82.7 Å². The Bertz CT molecular complexity index is 1280. The number of halogens is 1. The molecule has 0 saturated carbocycles. The summed E-state index contributed by atoms with van der Waals surface area (Å²) < 4.78 is 50.7. The molecule has 0 fully saturated rings. The minimum absolute atomic E-state index is 0.122. The van der Waals surface area contributed by atoms with Gasteiger partial charge in [-0.2, -0.15) is 0 Å². The quantitative estimate of drug-likeness (QED) is 0.431. The van der Waals surface area contributed by atoms with E-state index in [1.807, 2.05) is 0 Å². The lowest BCUT2D eigenvalue weighted by atomic mass is 10.1. The zero-order chi connectivity index (χ0) is 22.2. The Hall–Kier alpha value is -3.65. The number of allylic oxidation sites excluding steroid dienone is 1. The van der Waals surface area contributed by atoms with Crippen molar-refractivity contribution in [2.24, 2.45) is 0 Å². The van der Waals surface area contributed by atoms with Gasteiger partial charge in [-0.05, 0) is 66.7 Å². The highest BCUT2D eigenvalue weighted by atomic mass is 32.2. The summed E-state index contributed by atoms with van der Waals surface area (Å²) >= 11 is 0. The van der Waals surface area contributed by atoms with Crippen molar-refractivity contribution >= 4 is 27.0 Å². The van der Waals surface area contributed by atoms with Crippen molar-refractivity contribution in [3.05, 3.63) is 89.2 Å². The maximum atomic E-state index is 14.0. The molecule has 8 heteroatoms. The van der Waals surface area contributed by atoms with Crippen LogP contribution in [0.2, 0.25) is 0 Å². The highest BCUT2D eigenvalue weighted by molar-refractivity contribution is 7.96. The molecule has 0 saturated heterocycles. The summed E-state index contributed by atoms with van der Waals surface area (Å²) in [5, 5.41) is 0. The van der Waals surface area contributed by atoms with E-state index in [4.69, 9.17) is 9.47 Å². The van der Waals surface area contributed by atoms with Gasteiger partial charge in [0.2, 0.25) is 15.6 Å².